The van der Waals surface area contributed by atoms with Gasteiger partial charge in [-0.15, -0.1) is 0 Å². The number of carbonyl (C=O) groups excluding carboxylic acids is 2. The highest BCUT2D eigenvalue weighted by Crippen LogP contribution is 2.15. The van der Waals surface area contributed by atoms with Crippen LogP contribution in [0.1, 0.15) is 27.6 Å². The number of nitrogens with zero attached hydrogens (tertiary/aromatic N) is 2. The third-order valence-electron chi connectivity index (χ3n) is 3.67. The van der Waals surface area contributed by atoms with Crippen molar-refractivity contribution in [3.63, 3.8) is 0 Å². The Bertz CT molecular complexity index is 958. The van der Waals surface area contributed by atoms with Gasteiger partial charge in [0.15, 0.2) is 0 Å². The van der Waals surface area contributed by atoms with E-state index in [0.29, 0.717) is 29.5 Å². The van der Waals surface area contributed by atoms with Crippen molar-refractivity contribution in [3.8, 4) is 0 Å². The molecule has 0 atom stereocenters. The Labute approximate surface area is 160 Å². The Morgan fingerprint density at radius 1 is 0.929 bits per heavy atom. The fourth-order valence-corrected chi connectivity index (χ4v) is 2.28. The quantitative estimate of drug-likeness (QED) is 0.632. The molecule has 0 saturated carbocycles. The number of esters is 1. The van der Waals surface area contributed by atoms with E-state index in [1.165, 1.54) is 36.7 Å². The van der Waals surface area contributed by atoms with Gasteiger partial charge in [-0.05, 0) is 55.5 Å². The lowest BCUT2D eigenvalue weighted by Gasteiger charge is -2.07. The first-order valence-corrected chi connectivity index (χ1v) is 8.48. The summed E-state index contributed by atoms with van der Waals surface area (Å²) in [6, 6.07) is 12.1. The van der Waals surface area contributed by atoms with E-state index in [0.717, 1.165) is 0 Å². The molecule has 0 radical (unpaired) electrons. The summed E-state index contributed by atoms with van der Waals surface area (Å²) in [5, 5.41) is 5.61. The maximum Gasteiger partial charge on any atom is 0.338 e. The topological polar surface area (TPSA) is 93.2 Å². The fourth-order valence-electron chi connectivity index (χ4n) is 2.28. The summed E-state index contributed by atoms with van der Waals surface area (Å²) in [5.41, 5.74) is 1.85. The molecule has 0 fully saturated rings. The van der Waals surface area contributed by atoms with E-state index in [1.54, 1.807) is 31.2 Å². The Morgan fingerprint density at radius 3 is 2.14 bits per heavy atom. The zero-order chi connectivity index (χ0) is 19.9. The summed E-state index contributed by atoms with van der Waals surface area (Å²) in [6.45, 7) is 2.06. The molecule has 7 nitrogen and oxygen atoms in total. The Balaban J connectivity index is 1.61. The largest absolute Gasteiger partial charge is 0.462 e. The second-order valence-corrected chi connectivity index (χ2v) is 5.68. The maximum absolute atomic E-state index is 12.9. The number of carbonyl (C=O) groups is 2. The standard InChI is InChI=1S/C20H17FN4O3/c1-2-28-19(27)13-3-7-17(8-4-13)25-20-22-11-14(12-23-20)18(26)24-16-9-5-15(21)6-10-16/h3-12H,2H2,1H3,(H,24,26)(H,22,23,25). The van der Waals surface area contributed by atoms with Crippen molar-refractivity contribution in [3.05, 3.63) is 77.9 Å². The Hall–Kier alpha value is -3.81. The molecule has 142 valence electrons. The molecular formula is C20H17FN4O3. The molecule has 0 aliphatic carbocycles. The van der Waals surface area contributed by atoms with Crippen molar-refractivity contribution < 1.29 is 18.7 Å². The van der Waals surface area contributed by atoms with Crippen molar-refractivity contribution in [1.82, 2.24) is 9.97 Å². The van der Waals surface area contributed by atoms with Crippen LogP contribution in [0.25, 0.3) is 0 Å². The van der Waals surface area contributed by atoms with Crippen LogP contribution in [0, 0.1) is 5.82 Å². The zero-order valence-corrected chi connectivity index (χ0v) is 15.0. The molecular weight excluding hydrogens is 363 g/mol. The molecule has 0 aliphatic rings. The monoisotopic (exact) mass is 380 g/mol. The second kappa shape index (κ2) is 8.72. The molecule has 0 bridgehead atoms. The number of nitrogens with one attached hydrogen (secondary N) is 2. The van der Waals surface area contributed by atoms with Crippen molar-refractivity contribution in [2.75, 3.05) is 17.2 Å². The van der Waals surface area contributed by atoms with E-state index in [2.05, 4.69) is 20.6 Å². The number of halogens is 1. The molecule has 0 saturated heterocycles. The van der Waals surface area contributed by atoms with Crippen LogP contribution in [0.5, 0.6) is 0 Å². The van der Waals surface area contributed by atoms with Gasteiger partial charge < -0.3 is 15.4 Å². The molecule has 0 aliphatic heterocycles. The van der Waals surface area contributed by atoms with Crippen LogP contribution in [0.2, 0.25) is 0 Å². The van der Waals surface area contributed by atoms with E-state index in [1.807, 2.05) is 0 Å². The van der Waals surface area contributed by atoms with Crippen molar-refractivity contribution >= 4 is 29.2 Å². The highest BCUT2D eigenvalue weighted by Gasteiger charge is 2.09. The first-order valence-electron chi connectivity index (χ1n) is 8.48. The normalized spacial score (nSPS) is 10.2. The molecule has 3 aromatic rings. The summed E-state index contributed by atoms with van der Waals surface area (Å²) in [7, 11) is 0. The lowest BCUT2D eigenvalue weighted by molar-refractivity contribution is 0.0526. The molecule has 0 spiro atoms. The van der Waals surface area contributed by atoms with Gasteiger partial charge in [-0.25, -0.2) is 19.2 Å². The molecule has 3 rings (SSSR count). The summed E-state index contributed by atoms with van der Waals surface area (Å²) < 4.78 is 17.8. The molecule has 8 heteroatoms. The molecule has 1 aromatic heterocycles. The van der Waals surface area contributed by atoms with E-state index in [9.17, 15) is 14.0 Å². The lowest BCUT2D eigenvalue weighted by Crippen LogP contribution is -2.13. The van der Waals surface area contributed by atoms with Crippen LogP contribution >= 0.6 is 0 Å². The third-order valence-corrected chi connectivity index (χ3v) is 3.67. The maximum atomic E-state index is 12.9. The van der Waals surface area contributed by atoms with Crippen LogP contribution in [-0.4, -0.2) is 28.5 Å². The van der Waals surface area contributed by atoms with Gasteiger partial charge in [0.1, 0.15) is 5.82 Å². The van der Waals surface area contributed by atoms with Gasteiger partial charge in [-0.1, -0.05) is 0 Å². The number of hydrogen-bond acceptors (Lipinski definition) is 6. The lowest BCUT2D eigenvalue weighted by atomic mass is 10.2. The van der Waals surface area contributed by atoms with Crippen LogP contribution < -0.4 is 10.6 Å². The van der Waals surface area contributed by atoms with Crippen molar-refractivity contribution in [1.29, 1.82) is 0 Å². The van der Waals surface area contributed by atoms with Gasteiger partial charge in [-0.3, -0.25) is 4.79 Å². The van der Waals surface area contributed by atoms with E-state index < -0.39 is 5.91 Å². The smallest absolute Gasteiger partial charge is 0.338 e. The van der Waals surface area contributed by atoms with Gasteiger partial charge in [0, 0.05) is 23.8 Å². The highest BCUT2D eigenvalue weighted by molar-refractivity contribution is 6.03. The fraction of sp³-hybridized carbons (Fsp3) is 0.100. The first kappa shape index (κ1) is 19.0. The number of rotatable bonds is 6. The van der Waals surface area contributed by atoms with E-state index in [4.69, 9.17) is 4.74 Å². The van der Waals surface area contributed by atoms with Gasteiger partial charge in [0.05, 0.1) is 17.7 Å². The summed E-state index contributed by atoms with van der Waals surface area (Å²) in [6.07, 6.45) is 2.75. The average molecular weight is 380 g/mol. The molecule has 1 amide bonds. The number of hydrogen-bond donors (Lipinski definition) is 2. The van der Waals surface area contributed by atoms with Gasteiger partial charge in [0.25, 0.3) is 5.91 Å². The minimum Gasteiger partial charge on any atom is -0.462 e. The van der Waals surface area contributed by atoms with Crippen LogP contribution in [0.3, 0.4) is 0 Å². The van der Waals surface area contributed by atoms with Gasteiger partial charge >= 0.3 is 5.97 Å². The molecule has 1 heterocycles. The van der Waals surface area contributed by atoms with Crippen LogP contribution in [0.4, 0.5) is 21.7 Å². The Morgan fingerprint density at radius 2 is 1.54 bits per heavy atom. The van der Waals surface area contributed by atoms with Gasteiger partial charge in [-0.2, -0.15) is 0 Å². The SMILES string of the molecule is CCOC(=O)c1ccc(Nc2ncc(C(=O)Nc3ccc(F)cc3)cn2)cc1. The minimum absolute atomic E-state index is 0.257. The molecule has 28 heavy (non-hydrogen) atoms. The molecule has 2 N–H and O–H groups in total. The predicted molar refractivity (Wildman–Crippen MR) is 102 cm³/mol. The third kappa shape index (κ3) is 4.88. The van der Waals surface area contributed by atoms with Crippen LogP contribution in [-0.2, 0) is 4.74 Å². The average Bonchev–Trinajstić information content (AvgIpc) is 2.71. The van der Waals surface area contributed by atoms with Gasteiger partial charge in [0.2, 0.25) is 5.95 Å². The molecule has 2 aromatic carbocycles. The zero-order valence-electron chi connectivity index (χ0n) is 15.0. The van der Waals surface area contributed by atoms with Crippen molar-refractivity contribution in [2.45, 2.75) is 6.92 Å². The number of benzene rings is 2. The van der Waals surface area contributed by atoms with E-state index >= 15 is 0 Å². The number of anilines is 3. The summed E-state index contributed by atoms with van der Waals surface area (Å²) >= 11 is 0. The van der Waals surface area contributed by atoms with Crippen LogP contribution in [0.15, 0.2) is 60.9 Å². The number of ether oxygens (including phenoxy) is 1. The second-order valence-electron chi connectivity index (χ2n) is 5.68. The number of aromatic nitrogens is 2. The van der Waals surface area contributed by atoms with E-state index in [-0.39, 0.29) is 17.3 Å². The highest BCUT2D eigenvalue weighted by atomic mass is 19.1. The predicted octanol–water partition coefficient (Wildman–Crippen LogP) is 3.79. The first-order chi connectivity index (χ1) is 13.5. The Kier molecular flexibility index (Phi) is 5.91. The number of amides is 1. The van der Waals surface area contributed by atoms with Crippen molar-refractivity contribution in [2.24, 2.45) is 0 Å². The summed E-state index contributed by atoms with van der Waals surface area (Å²) in [4.78, 5) is 32.0. The minimum atomic E-state index is -0.406. The molecule has 0 unspecified atom stereocenters. The summed E-state index contributed by atoms with van der Waals surface area (Å²) in [5.74, 6) is -0.881.